The van der Waals surface area contributed by atoms with Crippen LogP contribution in [0, 0.1) is 6.92 Å². The summed E-state index contributed by atoms with van der Waals surface area (Å²) in [6.07, 6.45) is 0.807. The van der Waals surface area contributed by atoms with Crippen molar-refractivity contribution in [3.8, 4) is 5.75 Å². The van der Waals surface area contributed by atoms with Crippen molar-refractivity contribution in [1.82, 2.24) is 0 Å². The Balaban J connectivity index is 1.67. The van der Waals surface area contributed by atoms with Crippen molar-refractivity contribution in [2.45, 2.75) is 24.8 Å². The van der Waals surface area contributed by atoms with E-state index in [1.807, 2.05) is 18.2 Å². The Hall–Kier alpha value is -1.70. The SMILES string of the molecule is Cc1ccc(SOCCCOc2ccc(CN=C(N)N)cc2Br)cc1. The standard InChI is InChI=1S/C18H22BrN3O2S/c1-13-3-6-15(7-4-13)25-24-10-2-9-23-17-8-5-14(11-16(17)19)12-22-18(20)21/h3-8,11H,2,9-10,12H2,1H3,(H4,20,21,22). The highest BCUT2D eigenvalue weighted by Crippen LogP contribution is 2.26. The summed E-state index contributed by atoms with van der Waals surface area (Å²) in [4.78, 5) is 5.09. The molecule has 25 heavy (non-hydrogen) atoms. The molecule has 0 fully saturated rings. The molecule has 0 bridgehead atoms. The fourth-order valence-corrected chi connectivity index (χ4v) is 3.07. The van der Waals surface area contributed by atoms with E-state index in [1.54, 1.807) is 0 Å². The van der Waals surface area contributed by atoms with Crippen LogP contribution < -0.4 is 16.2 Å². The van der Waals surface area contributed by atoms with Crippen LogP contribution in [0.5, 0.6) is 5.75 Å². The molecule has 0 aromatic heterocycles. The molecule has 2 aromatic rings. The van der Waals surface area contributed by atoms with E-state index in [0.717, 1.165) is 27.1 Å². The first-order valence-corrected chi connectivity index (χ1v) is 9.41. The molecule has 134 valence electrons. The van der Waals surface area contributed by atoms with Crippen LogP contribution in [-0.4, -0.2) is 19.2 Å². The molecule has 7 heteroatoms. The van der Waals surface area contributed by atoms with Gasteiger partial charge >= 0.3 is 0 Å². The molecule has 0 spiro atoms. The number of nitrogens with two attached hydrogens (primary N) is 2. The Bertz CT molecular complexity index is 704. The minimum Gasteiger partial charge on any atom is -0.492 e. The van der Waals surface area contributed by atoms with Gasteiger partial charge in [-0.2, -0.15) is 0 Å². The van der Waals surface area contributed by atoms with E-state index in [-0.39, 0.29) is 5.96 Å². The van der Waals surface area contributed by atoms with Crippen molar-refractivity contribution in [2.75, 3.05) is 13.2 Å². The molecular weight excluding hydrogens is 402 g/mol. The van der Waals surface area contributed by atoms with Crippen LogP contribution >= 0.6 is 28.0 Å². The van der Waals surface area contributed by atoms with Gasteiger partial charge in [0.25, 0.3) is 0 Å². The summed E-state index contributed by atoms with van der Waals surface area (Å²) in [5.74, 6) is 0.875. The maximum absolute atomic E-state index is 5.76. The third-order valence-corrected chi connectivity index (χ3v) is 4.62. The van der Waals surface area contributed by atoms with Gasteiger partial charge in [-0.15, -0.1) is 0 Å². The number of guanidine groups is 1. The third-order valence-electron chi connectivity index (χ3n) is 3.25. The summed E-state index contributed by atoms with van der Waals surface area (Å²) in [5, 5.41) is 0. The monoisotopic (exact) mass is 423 g/mol. The zero-order valence-electron chi connectivity index (χ0n) is 14.1. The number of ether oxygens (including phenoxy) is 1. The molecule has 0 atom stereocenters. The fourth-order valence-electron chi connectivity index (χ4n) is 1.95. The summed E-state index contributed by atoms with van der Waals surface area (Å²) >= 11 is 4.89. The molecule has 0 heterocycles. The second kappa shape index (κ2) is 10.3. The zero-order valence-corrected chi connectivity index (χ0v) is 16.5. The topological polar surface area (TPSA) is 82.9 Å². The van der Waals surface area contributed by atoms with E-state index < -0.39 is 0 Å². The number of aryl methyl sites for hydroxylation is 1. The van der Waals surface area contributed by atoms with Crippen molar-refractivity contribution >= 4 is 33.9 Å². The Morgan fingerprint density at radius 2 is 1.88 bits per heavy atom. The normalized spacial score (nSPS) is 10.5. The smallest absolute Gasteiger partial charge is 0.186 e. The summed E-state index contributed by atoms with van der Waals surface area (Å²) in [6, 6.07) is 14.0. The molecule has 4 N–H and O–H groups in total. The second-order valence-corrected chi connectivity index (χ2v) is 7.15. The fraction of sp³-hybridized carbons (Fsp3) is 0.278. The van der Waals surface area contributed by atoms with Crippen LogP contribution in [0.15, 0.2) is 56.8 Å². The molecule has 0 unspecified atom stereocenters. The van der Waals surface area contributed by atoms with E-state index >= 15 is 0 Å². The average molecular weight is 424 g/mol. The molecule has 0 aliphatic carbocycles. The Kier molecular flexibility index (Phi) is 8.11. The lowest BCUT2D eigenvalue weighted by Crippen LogP contribution is -2.22. The van der Waals surface area contributed by atoms with Crippen LogP contribution in [0.2, 0.25) is 0 Å². The first kappa shape index (κ1) is 19.6. The molecule has 0 saturated heterocycles. The Labute approximate surface area is 161 Å². The molecule has 0 aliphatic heterocycles. The maximum Gasteiger partial charge on any atom is 0.186 e. The number of nitrogens with zero attached hydrogens (tertiary/aromatic N) is 1. The molecule has 0 aliphatic rings. The van der Waals surface area contributed by atoms with E-state index in [4.69, 9.17) is 20.4 Å². The summed E-state index contributed by atoms with van der Waals surface area (Å²) in [6.45, 7) is 3.72. The Morgan fingerprint density at radius 3 is 2.56 bits per heavy atom. The van der Waals surface area contributed by atoms with Crippen molar-refractivity contribution in [1.29, 1.82) is 0 Å². The van der Waals surface area contributed by atoms with Crippen LogP contribution in [0.25, 0.3) is 0 Å². The van der Waals surface area contributed by atoms with Crippen LogP contribution in [-0.2, 0) is 10.7 Å². The highest BCUT2D eigenvalue weighted by molar-refractivity contribution is 9.10. The van der Waals surface area contributed by atoms with Crippen LogP contribution in [0.3, 0.4) is 0 Å². The number of halogens is 1. The van der Waals surface area contributed by atoms with Gasteiger partial charge in [0.05, 0.1) is 24.2 Å². The zero-order chi connectivity index (χ0) is 18.1. The summed E-state index contributed by atoms with van der Waals surface area (Å²) in [5.41, 5.74) is 12.9. The predicted molar refractivity (Wildman–Crippen MR) is 107 cm³/mol. The average Bonchev–Trinajstić information content (AvgIpc) is 2.59. The quantitative estimate of drug-likeness (QED) is 0.275. The van der Waals surface area contributed by atoms with Gasteiger partial charge in [-0.3, -0.25) is 0 Å². The third kappa shape index (κ3) is 7.37. The molecular formula is C18H22BrN3O2S. The van der Waals surface area contributed by atoms with Crippen molar-refractivity contribution in [3.63, 3.8) is 0 Å². The lowest BCUT2D eigenvalue weighted by Gasteiger charge is -2.09. The first-order chi connectivity index (χ1) is 12.0. The van der Waals surface area contributed by atoms with E-state index in [2.05, 4.69) is 52.1 Å². The molecule has 0 amide bonds. The molecule has 5 nitrogen and oxygen atoms in total. The summed E-state index contributed by atoms with van der Waals surface area (Å²) < 4.78 is 12.2. The van der Waals surface area contributed by atoms with Crippen molar-refractivity contribution < 1.29 is 8.92 Å². The highest BCUT2D eigenvalue weighted by atomic mass is 79.9. The molecule has 2 rings (SSSR count). The van der Waals surface area contributed by atoms with E-state index in [9.17, 15) is 0 Å². The van der Waals surface area contributed by atoms with E-state index in [1.165, 1.54) is 17.6 Å². The number of hydrogen-bond acceptors (Lipinski definition) is 4. The highest BCUT2D eigenvalue weighted by Gasteiger charge is 2.03. The lowest BCUT2D eigenvalue weighted by atomic mass is 10.2. The minimum absolute atomic E-state index is 0.0833. The van der Waals surface area contributed by atoms with Gasteiger partial charge < -0.3 is 20.4 Å². The molecule has 0 radical (unpaired) electrons. The van der Waals surface area contributed by atoms with Gasteiger partial charge in [-0.1, -0.05) is 23.8 Å². The lowest BCUT2D eigenvalue weighted by molar-refractivity contribution is 0.265. The first-order valence-electron chi connectivity index (χ1n) is 7.87. The number of rotatable bonds is 9. The minimum atomic E-state index is 0.0833. The van der Waals surface area contributed by atoms with Gasteiger partial charge in [0, 0.05) is 23.4 Å². The number of benzene rings is 2. The second-order valence-electron chi connectivity index (χ2n) is 5.43. The van der Waals surface area contributed by atoms with Gasteiger partial charge in [-0.25, -0.2) is 4.99 Å². The predicted octanol–water partition coefficient (Wildman–Crippen LogP) is 4.02. The van der Waals surface area contributed by atoms with Crippen LogP contribution in [0.1, 0.15) is 17.5 Å². The van der Waals surface area contributed by atoms with E-state index in [0.29, 0.717) is 19.8 Å². The summed E-state index contributed by atoms with van der Waals surface area (Å²) in [7, 11) is 0. The maximum atomic E-state index is 5.76. The molecule has 2 aromatic carbocycles. The van der Waals surface area contributed by atoms with Crippen molar-refractivity contribution in [3.05, 3.63) is 58.1 Å². The van der Waals surface area contributed by atoms with Crippen molar-refractivity contribution in [2.24, 2.45) is 16.5 Å². The van der Waals surface area contributed by atoms with Gasteiger partial charge in [0.15, 0.2) is 5.96 Å². The number of hydrogen-bond donors (Lipinski definition) is 2. The largest absolute Gasteiger partial charge is 0.492 e. The van der Waals surface area contributed by atoms with Gasteiger partial charge in [0.2, 0.25) is 0 Å². The number of aliphatic imine (C=N–C) groups is 1. The van der Waals surface area contributed by atoms with Gasteiger partial charge in [0.1, 0.15) is 5.75 Å². The Morgan fingerprint density at radius 1 is 1.12 bits per heavy atom. The van der Waals surface area contributed by atoms with Crippen LogP contribution in [0.4, 0.5) is 0 Å². The molecule has 0 saturated carbocycles. The van der Waals surface area contributed by atoms with Gasteiger partial charge in [-0.05, 0) is 52.7 Å².